The zero-order chi connectivity index (χ0) is 13.0. The van der Waals surface area contributed by atoms with E-state index in [1.165, 1.54) is 32.1 Å². The summed E-state index contributed by atoms with van der Waals surface area (Å²) in [7, 11) is 0. The summed E-state index contributed by atoms with van der Waals surface area (Å²) in [5, 5.41) is 9.09. The maximum absolute atomic E-state index is 9.09. The van der Waals surface area contributed by atoms with Gasteiger partial charge in [0, 0.05) is 0 Å². The van der Waals surface area contributed by atoms with Gasteiger partial charge in [-0.15, -0.1) is 0 Å². The average Bonchev–Trinajstić information content (AvgIpc) is 2.79. The molecule has 0 unspecified atom stereocenters. The highest BCUT2D eigenvalue weighted by Crippen LogP contribution is 2.70. The highest BCUT2D eigenvalue weighted by atomic mass is 16.2. The second-order valence-corrected chi connectivity index (χ2v) is 7.86. The van der Waals surface area contributed by atoms with Gasteiger partial charge in [0.2, 0.25) is 0 Å². The topological polar surface area (TPSA) is 20.2 Å². The Bertz CT molecular complexity index is 357. The molecule has 0 spiro atoms. The third kappa shape index (κ3) is 1.56. The molecule has 0 aliphatic heterocycles. The van der Waals surface area contributed by atoms with Crippen LogP contribution in [-0.4, -0.2) is 11.7 Å². The molecule has 1 nitrogen and oxygen atoms in total. The van der Waals surface area contributed by atoms with Crippen LogP contribution in [-0.2, 0) is 0 Å². The summed E-state index contributed by atoms with van der Waals surface area (Å²) in [6, 6.07) is 0. The van der Waals surface area contributed by atoms with E-state index in [4.69, 9.17) is 5.11 Å². The zero-order valence-electron chi connectivity index (χ0n) is 12.2. The Balaban J connectivity index is 1.99. The van der Waals surface area contributed by atoms with Crippen LogP contribution in [0.4, 0.5) is 0 Å². The molecule has 18 heavy (non-hydrogen) atoms. The molecule has 5 atom stereocenters. The maximum Gasteiger partial charge on any atom is 0.0612 e. The molecule has 0 saturated heterocycles. The Morgan fingerprint density at radius 2 is 1.94 bits per heavy atom. The van der Waals surface area contributed by atoms with E-state index in [0.717, 1.165) is 23.7 Å². The fourth-order valence-corrected chi connectivity index (χ4v) is 6.05. The van der Waals surface area contributed by atoms with Crippen molar-refractivity contribution in [3.05, 3.63) is 12.2 Å². The molecule has 3 saturated carbocycles. The molecule has 0 aromatic heterocycles. The molecule has 0 aromatic rings. The molecular weight excluding hydrogens is 220 g/mol. The van der Waals surface area contributed by atoms with Gasteiger partial charge in [-0.2, -0.15) is 0 Å². The minimum Gasteiger partial charge on any atom is -0.392 e. The standard InChI is InChI=1S/C17H28O/c1-16(2)9-5-10-17(3)13(6-4-11-18)12-7-8-14(17)15(12)16/h4,6,12-15,18H,5,7-11H2,1-3H3/b6-4+/t12-,13+,14-,15-,17-/m1/s1. The molecule has 3 aliphatic carbocycles. The smallest absolute Gasteiger partial charge is 0.0612 e. The predicted octanol–water partition coefficient (Wildman–Crippen LogP) is 4.02. The fourth-order valence-electron chi connectivity index (χ4n) is 6.05. The van der Waals surface area contributed by atoms with Gasteiger partial charge in [-0.25, -0.2) is 0 Å². The van der Waals surface area contributed by atoms with Gasteiger partial charge in [-0.05, 0) is 60.2 Å². The summed E-state index contributed by atoms with van der Waals surface area (Å²) in [4.78, 5) is 0. The number of allylic oxidation sites excluding steroid dienone is 1. The first-order valence-electron chi connectivity index (χ1n) is 7.78. The highest BCUT2D eigenvalue weighted by molar-refractivity contribution is 5.17. The van der Waals surface area contributed by atoms with E-state index >= 15 is 0 Å². The molecule has 1 N–H and O–H groups in total. The first-order chi connectivity index (χ1) is 8.50. The van der Waals surface area contributed by atoms with Crippen LogP contribution in [0.25, 0.3) is 0 Å². The fraction of sp³-hybridized carbons (Fsp3) is 0.882. The van der Waals surface area contributed by atoms with Crippen molar-refractivity contribution in [1.82, 2.24) is 0 Å². The van der Waals surface area contributed by atoms with Gasteiger partial charge in [0.05, 0.1) is 6.61 Å². The van der Waals surface area contributed by atoms with Crippen LogP contribution in [0, 0.1) is 34.5 Å². The van der Waals surface area contributed by atoms with Gasteiger partial charge in [0.25, 0.3) is 0 Å². The third-order valence-electron chi connectivity index (χ3n) is 6.66. The zero-order valence-corrected chi connectivity index (χ0v) is 12.2. The van der Waals surface area contributed by atoms with E-state index in [9.17, 15) is 0 Å². The number of aliphatic hydroxyl groups excluding tert-OH is 1. The van der Waals surface area contributed by atoms with E-state index in [-0.39, 0.29) is 6.61 Å². The van der Waals surface area contributed by atoms with Crippen molar-refractivity contribution in [2.75, 3.05) is 6.61 Å². The molecule has 0 aromatic carbocycles. The van der Waals surface area contributed by atoms with Crippen LogP contribution in [0.3, 0.4) is 0 Å². The maximum atomic E-state index is 9.09. The molecule has 3 rings (SSSR count). The largest absolute Gasteiger partial charge is 0.392 e. The molecule has 3 fully saturated rings. The van der Waals surface area contributed by atoms with Crippen LogP contribution >= 0.6 is 0 Å². The van der Waals surface area contributed by atoms with Crippen molar-refractivity contribution >= 4 is 0 Å². The van der Waals surface area contributed by atoms with E-state index in [0.29, 0.717) is 10.8 Å². The second-order valence-electron chi connectivity index (χ2n) is 7.86. The molecule has 1 heteroatoms. The van der Waals surface area contributed by atoms with Gasteiger partial charge in [0.1, 0.15) is 0 Å². The summed E-state index contributed by atoms with van der Waals surface area (Å²) in [6.45, 7) is 7.76. The van der Waals surface area contributed by atoms with Gasteiger partial charge in [-0.3, -0.25) is 0 Å². The van der Waals surface area contributed by atoms with Crippen molar-refractivity contribution in [1.29, 1.82) is 0 Å². The van der Waals surface area contributed by atoms with Crippen LogP contribution in [0.1, 0.15) is 52.9 Å². The van der Waals surface area contributed by atoms with E-state index in [1.54, 1.807) is 0 Å². The predicted molar refractivity (Wildman–Crippen MR) is 75.2 cm³/mol. The lowest BCUT2D eigenvalue weighted by Crippen LogP contribution is -2.32. The molecule has 102 valence electrons. The lowest BCUT2D eigenvalue weighted by molar-refractivity contribution is 0.119. The highest BCUT2D eigenvalue weighted by Gasteiger charge is 2.63. The average molecular weight is 248 g/mol. The Morgan fingerprint density at radius 3 is 2.67 bits per heavy atom. The number of rotatable bonds is 2. The molecule has 0 amide bonds. The summed E-state index contributed by atoms with van der Waals surface area (Å²) >= 11 is 0. The van der Waals surface area contributed by atoms with Gasteiger partial charge < -0.3 is 5.11 Å². The lowest BCUT2D eigenvalue weighted by Gasteiger charge is -2.40. The first-order valence-corrected chi connectivity index (χ1v) is 7.78. The Kier molecular flexibility index (Phi) is 2.89. The van der Waals surface area contributed by atoms with Crippen molar-refractivity contribution in [2.24, 2.45) is 34.5 Å². The molecule has 3 aliphatic rings. The normalized spacial score (nSPS) is 49.8. The van der Waals surface area contributed by atoms with Gasteiger partial charge >= 0.3 is 0 Å². The summed E-state index contributed by atoms with van der Waals surface area (Å²) in [5.41, 5.74) is 1.05. The van der Waals surface area contributed by atoms with E-state index in [2.05, 4.69) is 26.8 Å². The van der Waals surface area contributed by atoms with Crippen LogP contribution in [0.5, 0.6) is 0 Å². The van der Waals surface area contributed by atoms with Crippen LogP contribution in [0.2, 0.25) is 0 Å². The van der Waals surface area contributed by atoms with E-state index < -0.39 is 0 Å². The van der Waals surface area contributed by atoms with E-state index in [1.807, 2.05) is 6.08 Å². The summed E-state index contributed by atoms with van der Waals surface area (Å²) in [6.07, 6.45) is 11.4. The summed E-state index contributed by atoms with van der Waals surface area (Å²) < 4.78 is 0. The Hall–Kier alpha value is -0.300. The molecule has 4 bridgehead atoms. The Labute approximate surface area is 112 Å². The minimum atomic E-state index is 0.206. The van der Waals surface area contributed by atoms with Crippen molar-refractivity contribution < 1.29 is 5.11 Å². The van der Waals surface area contributed by atoms with Crippen molar-refractivity contribution in [3.63, 3.8) is 0 Å². The Morgan fingerprint density at radius 1 is 1.17 bits per heavy atom. The van der Waals surface area contributed by atoms with Gasteiger partial charge in [-0.1, -0.05) is 39.3 Å². The summed E-state index contributed by atoms with van der Waals surface area (Å²) in [5.74, 6) is 3.48. The number of hydrogen-bond acceptors (Lipinski definition) is 1. The number of aliphatic hydroxyl groups is 1. The quantitative estimate of drug-likeness (QED) is 0.732. The van der Waals surface area contributed by atoms with Crippen LogP contribution in [0.15, 0.2) is 12.2 Å². The third-order valence-corrected chi connectivity index (χ3v) is 6.66. The SMILES string of the molecule is CC1(C)CCC[C@@]2(C)[C@@H]3CC[C@@H]([C@H]31)[C@@H]2/C=C/CO. The minimum absolute atomic E-state index is 0.206. The second kappa shape index (κ2) is 4.10. The number of hydrogen-bond donors (Lipinski definition) is 1. The monoisotopic (exact) mass is 248 g/mol. The molecule has 0 heterocycles. The first kappa shape index (κ1) is 12.7. The van der Waals surface area contributed by atoms with Crippen molar-refractivity contribution in [3.8, 4) is 0 Å². The van der Waals surface area contributed by atoms with Gasteiger partial charge in [0.15, 0.2) is 0 Å². The lowest BCUT2D eigenvalue weighted by atomic mass is 9.65. The van der Waals surface area contributed by atoms with Crippen molar-refractivity contribution in [2.45, 2.75) is 52.9 Å². The van der Waals surface area contributed by atoms with Crippen LogP contribution < -0.4 is 0 Å². The molecular formula is C17H28O. The molecule has 0 radical (unpaired) electrons.